The highest BCUT2D eigenvalue weighted by Gasteiger charge is 2.37. The molecule has 29 heavy (non-hydrogen) atoms. The van der Waals surface area contributed by atoms with Crippen LogP contribution in [0.5, 0.6) is 11.5 Å². The molecule has 4 rings (SSSR count). The molecule has 2 heterocycles. The number of para-hydroxylation sites is 2. The zero-order valence-corrected chi connectivity index (χ0v) is 16.6. The molecular formula is C23H26N2O4. The lowest BCUT2D eigenvalue weighted by molar-refractivity contribution is -0.136. The minimum absolute atomic E-state index is 0.0508. The Morgan fingerprint density at radius 3 is 2.21 bits per heavy atom. The molecule has 1 fully saturated rings. The van der Waals surface area contributed by atoms with Crippen LogP contribution < -0.4 is 10.1 Å². The van der Waals surface area contributed by atoms with Crippen LogP contribution in [0.2, 0.25) is 0 Å². The van der Waals surface area contributed by atoms with Gasteiger partial charge in [0.2, 0.25) is 11.8 Å². The smallest absolute Gasteiger partial charge is 0.234 e. The second-order valence-electron chi connectivity index (χ2n) is 7.49. The second-order valence-corrected chi connectivity index (χ2v) is 7.49. The SMILES string of the molecule is COCCNC(=O)C1CCN(C(=O)C2c3ccccc3Oc3ccccc32)CC1. The van der Waals surface area contributed by atoms with Gasteiger partial charge in [0.05, 0.1) is 12.5 Å². The van der Waals surface area contributed by atoms with Crippen LogP contribution in [-0.2, 0) is 14.3 Å². The van der Waals surface area contributed by atoms with E-state index in [0.717, 1.165) is 22.6 Å². The summed E-state index contributed by atoms with van der Waals surface area (Å²) in [6.45, 7) is 2.20. The first-order valence-electron chi connectivity index (χ1n) is 10.1. The van der Waals surface area contributed by atoms with Crippen LogP contribution in [0, 0.1) is 5.92 Å². The number of likely N-dealkylation sites (tertiary alicyclic amines) is 1. The molecule has 0 bridgehead atoms. The molecule has 2 amide bonds. The maximum absolute atomic E-state index is 13.5. The van der Waals surface area contributed by atoms with Crippen LogP contribution in [0.15, 0.2) is 48.5 Å². The van der Waals surface area contributed by atoms with Crippen LogP contribution in [0.3, 0.4) is 0 Å². The average molecular weight is 394 g/mol. The third kappa shape index (κ3) is 3.98. The van der Waals surface area contributed by atoms with Crippen molar-refractivity contribution in [2.24, 2.45) is 5.92 Å². The summed E-state index contributed by atoms with van der Waals surface area (Å²) in [5.41, 5.74) is 1.80. The number of piperidine rings is 1. The molecule has 0 aromatic heterocycles. The molecule has 0 saturated carbocycles. The summed E-state index contributed by atoms with van der Waals surface area (Å²) < 4.78 is 11.0. The van der Waals surface area contributed by atoms with Crippen molar-refractivity contribution in [2.75, 3.05) is 33.4 Å². The zero-order chi connectivity index (χ0) is 20.2. The normalized spacial score (nSPS) is 16.5. The van der Waals surface area contributed by atoms with Crippen molar-refractivity contribution in [1.82, 2.24) is 10.2 Å². The Morgan fingerprint density at radius 2 is 1.62 bits per heavy atom. The highest BCUT2D eigenvalue weighted by molar-refractivity contribution is 5.90. The van der Waals surface area contributed by atoms with E-state index >= 15 is 0 Å². The summed E-state index contributed by atoms with van der Waals surface area (Å²) in [6.07, 6.45) is 1.36. The van der Waals surface area contributed by atoms with E-state index in [9.17, 15) is 9.59 Å². The lowest BCUT2D eigenvalue weighted by atomic mass is 9.86. The third-order valence-corrected chi connectivity index (χ3v) is 5.71. The maximum Gasteiger partial charge on any atom is 0.234 e. The molecule has 2 aromatic rings. The van der Waals surface area contributed by atoms with Crippen LogP contribution in [0.1, 0.15) is 29.9 Å². The topological polar surface area (TPSA) is 67.9 Å². The van der Waals surface area contributed by atoms with Crippen molar-refractivity contribution in [1.29, 1.82) is 0 Å². The van der Waals surface area contributed by atoms with Gasteiger partial charge in [0.15, 0.2) is 0 Å². The Kier molecular flexibility index (Phi) is 5.81. The first kappa shape index (κ1) is 19.5. The van der Waals surface area contributed by atoms with Crippen LogP contribution in [0.4, 0.5) is 0 Å². The Bertz CT molecular complexity index is 844. The fourth-order valence-electron chi connectivity index (χ4n) is 4.14. The van der Waals surface area contributed by atoms with Gasteiger partial charge in [-0.3, -0.25) is 9.59 Å². The van der Waals surface area contributed by atoms with Crippen molar-refractivity contribution in [3.05, 3.63) is 59.7 Å². The lowest BCUT2D eigenvalue weighted by Crippen LogP contribution is -2.45. The minimum atomic E-state index is -0.372. The number of nitrogens with one attached hydrogen (secondary N) is 1. The van der Waals surface area contributed by atoms with Gasteiger partial charge < -0.3 is 19.7 Å². The Hall–Kier alpha value is -2.86. The minimum Gasteiger partial charge on any atom is -0.457 e. The first-order chi connectivity index (χ1) is 14.2. The predicted octanol–water partition coefficient (Wildman–Crippen LogP) is 2.93. The summed E-state index contributed by atoms with van der Waals surface area (Å²) in [5.74, 6) is 1.17. The number of hydrogen-bond donors (Lipinski definition) is 1. The monoisotopic (exact) mass is 394 g/mol. The predicted molar refractivity (Wildman–Crippen MR) is 109 cm³/mol. The number of rotatable bonds is 5. The third-order valence-electron chi connectivity index (χ3n) is 5.71. The van der Waals surface area contributed by atoms with E-state index in [1.54, 1.807) is 7.11 Å². The molecule has 0 spiro atoms. The molecule has 0 radical (unpaired) electrons. The molecule has 0 aliphatic carbocycles. The van der Waals surface area contributed by atoms with Gasteiger partial charge >= 0.3 is 0 Å². The summed E-state index contributed by atoms with van der Waals surface area (Å²) in [4.78, 5) is 27.7. The number of amides is 2. The van der Waals surface area contributed by atoms with Crippen LogP contribution in [0.25, 0.3) is 0 Å². The van der Waals surface area contributed by atoms with E-state index in [0.29, 0.717) is 39.1 Å². The highest BCUT2D eigenvalue weighted by Crippen LogP contribution is 2.44. The summed E-state index contributed by atoms with van der Waals surface area (Å²) in [6, 6.07) is 15.4. The molecule has 0 unspecified atom stereocenters. The highest BCUT2D eigenvalue weighted by atomic mass is 16.5. The van der Waals surface area contributed by atoms with Crippen LogP contribution in [-0.4, -0.2) is 50.1 Å². The summed E-state index contributed by atoms with van der Waals surface area (Å²) in [5, 5.41) is 2.90. The molecule has 2 aliphatic heterocycles. The van der Waals surface area contributed by atoms with Gasteiger partial charge in [-0.15, -0.1) is 0 Å². The molecule has 2 aliphatic rings. The van der Waals surface area contributed by atoms with Crippen molar-refractivity contribution in [3.8, 4) is 11.5 Å². The molecule has 6 nitrogen and oxygen atoms in total. The van der Waals surface area contributed by atoms with Crippen molar-refractivity contribution < 1.29 is 19.1 Å². The molecule has 1 N–H and O–H groups in total. The number of carbonyl (C=O) groups excluding carboxylic acids is 2. The summed E-state index contributed by atoms with van der Waals surface area (Å²) in [7, 11) is 1.61. The van der Waals surface area contributed by atoms with Crippen molar-refractivity contribution >= 4 is 11.8 Å². The largest absolute Gasteiger partial charge is 0.457 e. The number of carbonyl (C=O) groups is 2. The van der Waals surface area contributed by atoms with Gasteiger partial charge in [0, 0.05) is 43.8 Å². The first-order valence-corrected chi connectivity index (χ1v) is 10.1. The Labute approximate surface area is 170 Å². The van der Waals surface area contributed by atoms with Gasteiger partial charge in [0.25, 0.3) is 0 Å². The van der Waals surface area contributed by atoms with E-state index in [4.69, 9.17) is 9.47 Å². The zero-order valence-electron chi connectivity index (χ0n) is 16.6. The molecule has 1 saturated heterocycles. The quantitative estimate of drug-likeness (QED) is 0.792. The molecule has 2 aromatic carbocycles. The molecule has 152 valence electrons. The van der Waals surface area contributed by atoms with E-state index < -0.39 is 0 Å². The van der Waals surface area contributed by atoms with Crippen LogP contribution >= 0.6 is 0 Å². The Balaban J connectivity index is 1.48. The van der Waals surface area contributed by atoms with Gasteiger partial charge in [0.1, 0.15) is 11.5 Å². The van der Waals surface area contributed by atoms with Gasteiger partial charge in [-0.05, 0) is 25.0 Å². The Morgan fingerprint density at radius 1 is 1.03 bits per heavy atom. The van der Waals surface area contributed by atoms with E-state index in [2.05, 4.69) is 5.32 Å². The average Bonchev–Trinajstić information content (AvgIpc) is 2.77. The number of hydrogen-bond acceptors (Lipinski definition) is 4. The van der Waals surface area contributed by atoms with E-state index in [-0.39, 0.29) is 23.7 Å². The fourth-order valence-corrected chi connectivity index (χ4v) is 4.14. The standard InChI is InChI=1S/C23H26N2O4/c1-28-15-12-24-22(26)16-10-13-25(14-11-16)23(27)21-17-6-2-4-8-19(17)29-20-9-5-3-7-18(20)21/h2-9,16,21H,10-15H2,1H3,(H,24,26). The number of ether oxygens (including phenoxy) is 2. The number of methoxy groups -OCH3 is 1. The number of fused-ring (bicyclic) bond motifs is 2. The van der Waals surface area contributed by atoms with Gasteiger partial charge in [-0.1, -0.05) is 36.4 Å². The molecular weight excluding hydrogens is 368 g/mol. The number of nitrogens with zero attached hydrogens (tertiary/aromatic N) is 1. The lowest BCUT2D eigenvalue weighted by Gasteiger charge is -2.36. The van der Waals surface area contributed by atoms with E-state index in [1.807, 2.05) is 53.4 Å². The molecule has 6 heteroatoms. The maximum atomic E-state index is 13.5. The second kappa shape index (κ2) is 8.66. The van der Waals surface area contributed by atoms with E-state index in [1.165, 1.54) is 0 Å². The van der Waals surface area contributed by atoms with Gasteiger partial charge in [-0.2, -0.15) is 0 Å². The molecule has 0 atom stereocenters. The summed E-state index contributed by atoms with van der Waals surface area (Å²) >= 11 is 0. The van der Waals surface area contributed by atoms with Crippen molar-refractivity contribution in [2.45, 2.75) is 18.8 Å². The van der Waals surface area contributed by atoms with Crippen molar-refractivity contribution in [3.63, 3.8) is 0 Å². The number of benzene rings is 2. The van der Waals surface area contributed by atoms with Gasteiger partial charge in [-0.25, -0.2) is 0 Å². The fraction of sp³-hybridized carbons (Fsp3) is 0.391.